The van der Waals surface area contributed by atoms with E-state index in [9.17, 15) is 4.79 Å². The zero-order chi connectivity index (χ0) is 8.84. The summed E-state index contributed by atoms with van der Waals surface area (Å²) in [7, 11) is 0. The fraction of sp³-hybridized carbons (Fsp3) is 0.889. The average molecular weight is 183 g/mol. The molecule has 3 aliphatic heterocycles. The van der Waals surface area contributed by atoms with E-state index in [-0.39, 0.29) is 12.1 Å². The number of ether oxygens (including phenoxy) is 2. The van der Waals surface area contributed by atoms with E-state index in [1.54, 1.807) is 0 Å². The molecule has 4 nitrogen and oxygen atoms in total. The summed E-state index contributed by atoms with van der Waals surface area (Å²) in [5.41, 5.74) is 0. The highest BCUT2D eigenvalue weighted by Gasteiger charge is 2.46. The Morgan fingerprint density at radius 2 is 2.31 bits per heavy atom. The van der Waals surface area contributed by atoms with E-state index in [0.29, 0.717) is 24.7 Å². The van der Waals surface area contributed by atoms with Crippen molar-refractivity contribution in [2.75, 3.05) is 6.61 Å². The van der Waals surface area contributed by atoms with Crippen molar-refractivity contribution in [2.24, 2.45) is 5.92 Å². The molecule has 0 aromatic carbocycles. The Hall–Kier alpha value is -0.770. The first-order valence-corrected chi connectivity index (χ1v) is 4.91. The molecule has 72 valence electrons. The van der Waals surface area contributed by atoms with E-state index in [2.05, 4.69) is 5.32 Å². The van der Waals surface area contributed by atoms with Gasteiger partial charge in [0.15, 0.2) is 0 Å². The monoisotopic (exact) mass is 183 g/mol. The van der Waals surface area contributed by atoms with Crippen LogP contribution in [0.4, 0.5) is 4.79 Å². The second kappa shape index (κ2) is 2.61. The maximum atomic E-state index is 10.8. The van der Waals surface area contributed by atoms with Gasteiger partial charge in [0.1, 0.15) is 6.61 Å². The zero-order valence-corrected chi connectivity index (χ0v) is 7.36. The minimum atomic E-state index is -0.271. The van der Waals surface area contributed by atoms with Gasteiger partial charge in [0.05, 0.1) is 18.2 Å². The SMILES string of the molecule is O=C1NC(C2CC3CCC2O3)CO1. The first kappa shape index (κ1) is 7.62. The predicted octanol–water partition coefficient (Wildman–Crippen LogP) is 0.662. The molecule has 3 aliphatic rings. The van der Waals surface area contributed by atoms with Gasteiger partial charge in [0, 0.05) is 5.92 Å². The summed E-state index contributed by atoms with van der Waals surface area (Å²) < 4.78 is 10.6. The number of hydrogen-bond donors (Lipinski definition) is 1. The van der Waals surface area contributed by atoms with Crippen LogP contribution in [0.2, 0.25) is 0 Å². The number of hydrogen-bond acceptors (Lipinski definition) is 3. The normalized spacial score (nSPS) is 47.8. The summed E-state index contributed by atoms with van der Waals surface area (Å²) >= 11 is 0. The minimum absolute atomic E-state index is 0.197. The lowest BCUT2D eigenvalue weighted by Gasteiger charge is -2.22. The molecule has 0 aliphatic carbocycles. The van der Waals surface area contributed by atoms with Crippen LogP contribution in [0.5, 0.6) is 0 Å². The van der Waals surface area contributed by atoms with E-state index in [0.717, 1.165) is 12.8 Å². The molecule has 0 saturated carbocycles. The van der Waals surface area contributed by atoms with Gasteiger partial charge in [-0.15, -0.1) is 0 Å². The molecule has 1 amide bonds. The molecule has 0 spiro atoms. The Kier molecular flexibility index (Phi) is 1.53. The van der Waals surface area contributed by atoms with Crippen molar-refractivity contribution in [3.05, 3.63) is 0 Å². The summed E-state index contributed by atoms with van der Waals surface area (Å²) in [4.78, 5) is 10.8. The first-order chi connectivity index (χ1) is 6.33. The second-order valence-electron chi connectivity index (χ2n) is 4.12. The molecular formula is C9H13NO3. The van der Waals surface area contributed by atoms with Crippen LogP contribution in [-0.2, 0) is 9.47 Å². The number of cyclic esters (lactones) is 1. The van der Waals surface area contributed by atoms with Crippen LogP contribution in [0, 0.1) is 5.92 Å². The molecule has 2 bridgehead atoms. The summed E-state index contributed by atoms with van der Waals surface area (Å²) in [5, 5.41) is 2.84. The van der Waals surface area contributed by atoms with Crippen LogP contribution in [0.1, 0.15) is 19.3 Å². The highest BCUT2D eigenvalue weighted by Crippen LogP contribution is 2.40. The molecule has 4 heteroatoms. The van der Waals surface area contributed by atoms with E-state index >= 15 is 0 Å². The molecule has 0 aromatic rings. The van der Waals surface area contributed by atoms with Gasteiger partial charge in [-0.3, -0.25) is 0 Å². The van der Waals surface area contributed by atoms with Gasteiger partial charge < -0.3 is 14.8 Å². The summed E-state index contributed by atoms with van der Waals surface area (Å²) in [6.45, 7) is 0.524. The predicted molar refractivity (Wildman–Crippen MR) is 44.3 cm³/mol. The molecule has 3 saturated heterocycles. The van der Waals surface area contributed by atoms with Crippen LogP contribution in [0.3, 0.4) is 0 Å². The molecule has 4 atom stereocenters. The van der Waals surface area contributed by atoms with Crippen LogP contribution >= 0.6 is 0 Å². The van der Waals surface area contributed by atoms with E-state index in [1.807, 2.05) is 0 Å². The molecule has 4 unspecified atom stereocenters. The van der Waals surface area contributed by atoms with E-state index in [4.69, 9.17) is 9.47 Å². The van der Waals surface area contributed by atoms with Crippen molar-refractivity contribution in [3.8, 4) is 0 Å². The quantitative estimate of drug-likeness (QED) is 0.649. The Bertz CT molecular complexity index is 243. The third-order valence-corrected chi connectivity index (χ3v) is 3.37. The fourth-order valence-corrected chi connectivity index (χ4v) is 2.73. The molecule has 0 aromatic heterocycles. The van der Waals surface area contributed by atoms with Gasteiger partial charge in [-0.1, -0.05) is 0 Å². The highest BCUT2D eigenvalue weighted by atomic mass is 16.6. The average Bonchev–Trinajstić information content (AvgIpc) is 2.77. The molecule has 3 fully saturated rings. The standard InChI is InChI=1S/C9H13NO3/c11-9-10-7(4-12-9)6-3-5-1-2-8(6)13-5/h5-8H,1-4H2,(H,10,11). The molecule has 1 N–H and O–H groups in total. The van der Waals surface area contributed by atoms with E-state index < -0.39 is 0 Å². The largest absolute Gasteiger partial charge is 0.447 e. The maximum absolute atomic E-state index is 10.8. The van der Waals surface area contributed by atoms with Crippen molar-refractivity contribution in [3.63, 3.8) is 0 Å². The molecule has 3 rings (SSSR count). The number of carbonyl (C=O) groups excluding carboxylic acids is 1. The fourth-order valence-electron chi connectivity index (χ4n) is 2.73. The summed E-state index contributed by atoms with van der Waals surface area (Å²) in [6.07, 6.45) is 4.00. The molecule has 0 radical (unpaired) electrons. The number of alkyl carbamates (subject to hydrolysis) is 1. The lowest BCUT2D eigenvalue weighted by Crippen LogP contribution is -2.39. The number of rotatable bonds is 1. The van der Waals surface area contributed by atoms with Crippen molar-refractivity contribution < 1.29 is 14.3 Å². The second-order valence-corrected chi connectivity index (χ2v) is 4.12. The Morgan fingerprint density at radius 3 is 2.85 bits per heavy atom. The van der Waals surface area contributed by atoms with Gasteiger partial charge in [-0.25, -0.2) is 4.79 Å². The number of nitrogens with one attached hydrogen (secondary N) is 1. The van der Waals surface area contributed by atoms with Crippen molar-refractivity contribution >= 4 is 6.09 Å². The number of fused-ring (bicyclic) bond motifs is 2. The minimum Gasteiger partial charge on any atom is -0.447 e. The topological polar surface area (TPSA) is 47.6 Å². The number of carbonyl (C=O) groups is 1. The van der Waals surface area contributed by atoms with Crippen molar-refractivity contribution in [1.82, 2.24) is 5.32 Å². The maximum Gasteiger partial charge on any atom is 0.407 e. The van der Waals surface area contributed by atoms with Gasteiger partial charge in [0.2, 0.25) is 0 Å². The van der Waals surface area contributed by atoms with Crippen LogP contribution in [-0.4, -0.2) is 30.9 Å². The zero-order valence-electron chi connectivity index (χ0n) is 7.36. The lowest BCUT2D eigenvalue weighted by atomic mass is 9.84. The Morgan fingerprint density at radius 1 is 1.38 bits per heavy atom. The third-order valence-electron chi connectivity index (χ3n) is 3.37. The van der Waals surface area contributed by atoms with Gasteiger partial charge in [-0.2, -0.15) is 0 Å². The Balaban J connectivity index is 1.69. The summed E-state index contributed by atoms with van der Waals surface area (Å²) in [5.74, 6) is 0.491. The lowest BCUT2D eigenvalue weighted by molar-refractivity contribution is 0.0858. The van der Waals surface area contributed by atoms with Gasteiger partial charge in [0.25, 0.3) is 0 Å². The van der Waals surface area contributed by atoms with Crippen LogP contribution in [0.15, 0.2) is 0 Å². The smallest absolute Gasteiger partial charge is 0.407 e. The first-order valence-electron chi connectivity index (χ1n) is 4.91. The van der Waals surface area contributed by atoms with Crippen molar-refractivity contribution in [1.29, 1.82) is 0 Å². The van der Waals surface area contributed by atoms with Crippen LogP contribution in [0.25, 0.3) is 0 Å². The molecule has 3 heterocycles. The summed E-state index contributed by atoms with van der Waals surface area (Å²) in [6, 6.07) is 0.197. The van der Waals surface area contributed by atoms with Gasteiger partial charge in [-0.05, 0) is 19.3 Å². The van der Waals surface area contributed by atoms with Gasteiger partial charge >= 0.3 is 6.09 Å². The highest BCUT2D eigenvalue weighted by molar-refractivity contribution is 5.69. The van der Waals surface area contributed by atoms with Crippen molar-refractivity contribution in [2.45, 2.75) is 37.5 Å². The Labute approximate surface area is 76.6 Å². The third kappa shape index (κ3) is 1.12. The molecular weight excluding hydrogens is 170 g/mol. The van der Waals surface area contributed by atoms with E-state index in [1.165, 1.54) is 6.42 Å². The molecule has 13 heavy (non-hydrogen) atoms. The van der Waals surface area contributed by atoms with Crippen LogP contribution < -0.4 is 5.32 Å². The number of amides is 1.